The molecule has 1 aromatic carbocycles. The molecule has 0 heterocycles. The fourth-order valence-electron chi connectivity index (χ4n) is 1.15. The Kier molecular flexibility index (Phi) is 3.77. The first-order valence-corrected chi connectivity index (χ1v) is 4.41. The Hall–Kier alpha value is -2.66. The molecule has 0 N–H and O–H groups in total. The molecule has 0 spiro atoms. The first-order valence-electron chi connectivity index (χ1n) is 4.41. The fraction of sp³-hybridized carbons (Fsp3) is 0.0909. The highest BCUT2D eigenvalue weighted by atomic mass is 16.6. The van der Waals surface area contributed by atoms with E-state index in [1.54, 1.807) is 0 Å². The number of nitro benzene ring substituents is 1. The van der Waals surface area contributed by atoms with E-state index in [4.69, 9.17) is 10.5 Å². The zero-order valence-electron chi connectivity index (χ0n) is 8.25. The van der Waals surface area contributed by atoms with Gasteiger partial charge in [-0.3, -0.25) is 10.1 Å². The number of nitrogens with zero attached hydrogens (tertiary/aromatic N) is 3. The summed E-state index contributed by atoms with van der Waals surface area (Å²) in [5, 5.41) is 27.7. The monoisotopic (exact) mass is 213 g/mol. The normalized spacial score (nSPS) is 9.62. The third-order valence-electron chi connectivity index (χ3n) is 1.86. The number of rotatable bonds is 3. The van der Waals surface area contributed by atoms with E-state index >= 15 is 0 Å². The van der Waals surface area contributed by atoms with Gasteiger partial charge in [0.2, 0.25) is 0 Å². The van der Waals surface area contributed by atoms with E-state index in [0.29, 0.717) is 5.56 Å². The molecule has 0 amide bonds. The Morgan fingerprint density at radius 2 is 2.19 bits per heavy atom. The van der Waals surface area contributed by atoms with Gasteiger partial charge in [0, 0.05) is 6.07 Å². The number of hydrogen-bond donors (Lipinski definition) is 0. The van der Waals surface area contributed by atoms with Crippen molar-refractivity contribution < 1.29 is 4.92 Å². The lowest BCUT2D eigenvalue weighted by atomic mass is 10.1. The van der Waals surface area contributed by atoms with Crippen molar-refractivity contribution in [1.29, 1.82) is 10.5 Å². The van der Waals surface area contributed by atoms with Crippen molar-refractivity contribution in [3.8, 4) is 12.1 Å². The minimum absolute atomic E-state index is 0.131. The van der Waals surface area contributed by atoms with Crippen LogP contribution in [0.4, 0.5) is 5.69 Å². The van der Waals surface area contributed by atoms with Crippen LogP contribution in [0.5, 0.6) is 0 Å². The summed E-state index contributed by atoms with van der Waals surface area (Å²) in [6.45, 7) is 0. The molecular weight excluding hydrogens is 206 g/mol. The molecule has 0 bridgehead atoms. The maximum Gasteiger partial charge on any atom is 0.277 e. The maximum absolute atomic E-state index is 10.7. The third kappa shape index (κ3) is 2.66. The Balaban J connectivity index is 3.15. The fourth-order valence-corrected chi connectivity index (χ4v) is 1.15. The van der Waals surface area contributed by atoms with Crippen LogP contribution in [0.25, 0.3) is 6.08 Å². The smallest absolute Gasteiger partial charge is 0.258 e. The van der Waals surface area contributed by atoms with E-state index in [1.807, 2.05) is 12.1 Å². The van der Waals surface area contributed by atoms with E-state index in [2.05, 4.69) is 0 Å². The predicted octanol–water partition coefficient (Wildman–Crippen LogP) is 2.39. The van der Waals surface area contributed by atoms with E-state index < -0.39 is 4.92 Å². The highest BCUT2D eigenvalue weighted by Crippen LogP contribution is 2.21. The molecular formula is C11H7N3O2. The average Bonchev–Trinajstić information content (AvgIpc) is 2.29. The van der Waals surface area contributed by atoms with Gasteiger partial charge in [0.05, 0.1) is 34.6 Å². The van der Waals surface area contributed by atoms with Crippen molar-refractivity contribution in [2.75, 3.05) is 0 Å². The van der Waals surface area contributed by atoms with Crippen molar-refractivity contribution in [3.05, 3.63) is 45.5 Å². The molecule has 0 aliphatic heterocycles. The second kappa shape index (κ2) is 5.28. The SMILES string of the molecule is N#CCC=Cc1ccc(C#N)cc1[N+](=O)[O-]. The summed E-state index contributed by atoms with van der Waals surface area (Å²) in [6, 6.07) is 7.94. The van der Waals surface area contributed by atoms with Crippen LogP contribution in [0.1, 0.15) is 17.5 Å². The van der Waals surface area contributed by atoms with Crippen molar-refractivity contribution in [2.45, 2.75) is 6.42 Å². The van der Waals surface area contributed by atoms with Crippen LogP contribution < -0.4 is 0 Å². The summed E-state index contributed by atoms with van der Waals surface area (Å²) >= 11 is 0. The zero-order valence-corrected chi connectivity index (χ0v) is 8.25. The van der Waals surface area contributed by atoms with Crippen LogP contribution in [0.15, 0.2) is 24.3 Å². The summed E-state index contributed by atoms with van der Waals surface area (Å²) < 4.78 is 0. The van der Waals surface area contributed by atoms with Gasteiger partial charge in [0.25, 0.3) is 5.69 Å². The highest BCUT2D eigenvalue weighted by molar-refractivity contribution is 5.63. The van der Waals surface area contributed by atoms with E-state index in [1.165, 1.54) is 30.4 Å². The zero-order chi connectivity index (χ0) is 12.0. The van der Waals surface area contributed by atoms with Gasteiger partial charge >= 0.3 is 0 Å². The number of benzene rings is 1. The molecule has 0 saturated heterocycles. The first kappa shape index (κ1) is 11.4. The molecule has 5 heteroatoms. The van der Waals surface area contributed by atoms with Crippen molar-refractivity contribution in [3.63, 3.8) is 0 Å². The summed E-state index contributed by atoms with van der Waals surface area (Å²) in [7, 11) is 0. The van der Waals surface area contributed by atoms with Gasteiger partial charge in [0.15, 0.2) is 0 Å². The lowest BCUT2D eigenvalue weighted by Crippen LogP contribution is -1.92. The number of hydrogen-bond acceptors (Lipinski definition) is 4. The molecule has 5 nitrogen and oxygen atoms in total. The van der Waals surface area contributed by atoms with Gasteiger partial charge in [-0.05, 0) is 12.1 Å². The van der Waals surface area contributed by atoms with E-state index in [9.17, 15) is 10.1 Å². The minimum atomic E-state index is -0.549. The molecule has 0 radical (unpaired) electrons. The lowest BCUT2D eigenvalue weighted by molar-refractivity contribution is -0.385. The minimum Gasteiger partial charge on any atom is -0.258 e. The number of nitriles is 2. The predicted molar refractivity (Wildman–Crippen MR) is 57.1 cm³/mol. The Bertz CT molecular complexity index is 521. The molecule has 0 atom stereocenters. The Morgan fingerprint density at radius 3 is 2.75 bits per heavy atom. The number of allylic oxidation sites excluding steroid dienone is 1. The molecule has 0 fully saturated rings. The lowest BCUT2D eigenvalue weighted by Gasteiger charge is -1.97. The molecule has 1 aromatic rings. The van der Waals surface area contributed by atoms with Crippen molar-refractivity contribution in [2.24, 2.45) is 0 Å². The van der Waals surface area contributed by atoms with Gasteiger partial charge in [-0.25, -0.2) is 0 Å². The maximum atomic E-state index is 10.7. The molecule has 0 unspecified atom stereocenters. The summed E-state index contributed by atoms with van der Waals surface area (Å²) in [4.78, 5) is 10.2. The summed E-state index contributed by atoms with van der Waals surface area (Å²) in [5.41, 5.74) is 0.497. The average molecular weight is 213 g/mol. The molecule has 1 rings (SSSR count). The summed E-state index contributed by atoms with van der Waals surface area (Å²) in [5.74, 6) is 0. The molecule has 0 aliphatic carbocycles. The highest BCUT2D eigenvalue weighted by Gasteiger charge is 2.11. The van der Waals surface area contributed by atoms with Crippen LogP contribution in [-0.2, 0) is 0 Å². The third-order valence-corrected chi connectivity index (χ3v) is 1.86. The second-order valence-electron chi connectivity index (χ2n) is 2.91. The molecule has 16 heavy (non-hydrogen) atoms. The van der Waals surface area contributed by atoms with E-state index in [-0.39, 0.29) is 17.7 Å². The topological polar surface area (TPSA) is 90.7 Å². The van der Waals surface area contributed by atoms with Gasteiger partial charge in [-0.2, -0.15) is 10.5 Å². The van der Waals surface area contributed by atoms with Crippen molar-refractivity contribution >= 4 is 11.8 Å². The van der Waals surface area contributed by atoms with Gasteiger partial charge in [-0.15, -0.1) is 0 Å². The van der Waals surface area contributed by atoms with Crippen molar-refractivity contribution in [1.82, 2.24) is 0 Å². The largest absolute Gasteiger partial charge is 0.277 e. The quantitative estimate of drug-likeness (QED) is 0.569. The van der Waals surface area contributed by atoms with Gasteiger partial charge in [0.1, 0.15) is 0 Å². The molecule has 78 valence electrons. The molecule has 0 aromatic heterocycles. The van der Waals surface area contributed by atoms with Crippen LogP contribution in [0.3, 0.4) is 0 Å². The first-order chi connectivity index (χ1) is 7.69. The standard InChI is InChI=1S/C11H7N3O2/c12-6-2-1-3-10-5-4-9(8-13)7-11(10)14(15)16/h1,3-5,7H,2H2. The van der Waals surface area contributed by atoms with Crippen LogP contribution >= 0.6 is 0 Å². The van der Waals surface area contributed by atoms with Crippen LogP contribution in [0.2, 0.25) is 0 Å². The molecule has 0 aliphatic rings. The Morgan fingerprint density at radius 1 is 1.44 bits per heavy atom. The van der Waals surface area contributed by atoms with Crippen LogP contribution in [0, 0.1) is 32.8 Å². The van der Waals surface area contributed by atoms with Crippen LogP contribution in [-0.4, -0.2) is 4.92 Å². The van der Waals surface area contributed by atoms with E-state index in [0.717, 1.165) is 0 Å². The number of nitro groups is 1. The molecule has 0 saturated carbocycles. The van der Waals surface area contributed by atoms with Gasteiger partial charge in [-0.1, -0.05) is 12.2 Å². The summed E-state index contributed by atoms with van der Waals surface area (Å²) in [6.07, 6.45) is 3.23. The van der Waals surface area contributed by atoms with Gasteiger partial charge < -0.3 is 0 Å². The second-order valence-corrected chi connectivity index (χ2v) is 2.91. The Labute approximate surface area is 92.0 Å².